The van der Waals surface area contributed by atoms with Crippen LogP contribution in [0.15, 0.2) is 18.2 Å². The molecule has 0 aromatic heterocycles. The van der Waals surface area contributed by atoms with Crippen LogP contribution in [-0.4, -0.2) is 14.2 Å². The van der Waals surface area contributed by atoms with Crippen molar-refractivity contribution in [1.82, 2.24) is 0 Å². The number of methoxy groups -OCH3 is 2. The van der Waals surface area contributed by atoms with Crippen molar-refractivity contribution < 1.29 is 60.9 Å². The second-order valence-electron chi connectivity index (χ2n) is 1.78. The zero-order valence-electron chi connectivity index (χ0n) is 9.05. The molecule has 0 bridgehead atoms. The van der Waals surface area contributed by atoms with Crippen LogP contribution in [0.4, 0.5) is 0 Å². The summed E-state index contributed by atoms with van der Waals surface area (Å²) >= 11 is 0. The second-order valence-corrected chi connectivity index (χ2v) is 1.78. The van der Waals surface area contributed by atoms with Crippen LogP contribution in [0.3, 0.4) is 0 Å². The van der Waals surface area contributed by atoms with Crippen LogP contribution < -0.4 is 60.9 Å². The van der Waals surface area contributed by atoms with Crippen molar-refractivity contribution in [2.24, 2.45) is 0 Å². The Bertz CT molecular complexity index is 191. The molecule has 1 aromatic rings. The first-order valence-corrected chi connectivity index (χ1v) is 3.96. The Morgan fingerprint density at radius 2 is 1.62 bits per heavy atom. The van der Waals surface area contributed by atoms with Crippen molar-refractivity contribution >= 4 is 0 Å². The minimum absolute atomic E-state index is 0. The Labute approximate surface area is 123 Å². The maximum atomic E-state index is 4.99. The van der Waals surface area contributed by atoms with E-state index in [-0.39, 0.29) is 51.4 Å². The van der Waals surface area contributed by atoms with Crippen molar-refractivity contribution in [3.05, 3.63) is 24.3 Å². The zero-order chi connectivity index (χ0) is 9.40. The van der Waals surface area contributed by atoms with Crippen molar-refractivity contribution in [2.45, 2.75) is 13.8 Å². The Balaban J connectivity index is 0. The summed E-state index contributed by atoms with van der Waals surface area (Å²) in [6.07, 6.45) is 0. The van der Waals surface area contributed by atoms with Crippen molar-refractivity contribution in [3.8, 4) is 11.5 Å². The van der Waals surface area contributed by atoms with Gasteiger partial charge >= 0.3 is 51.4 Å². The zero-order valence-corrected chi connectivity index (χ0v) is 12.2. The molecular weight excluding hydrogens is 191 g/mol. The third-order valence-electron chi connectivity index (χ3n) is 1.23. The standard InChI is InChI=1S/C8H9O2.C2H6.K/c1-9-7-5-3-4-6-8(7)10-2;1-2;/h3,5-6H,1-2H3;1-2H3;/q-1;;+1. The summed E-state index contributed by atoms with van der Waals surface area (Å²) < 4.78 is 9.97. The Hall–Kier alpha value is 0.456. The van der Waals surface area contributed by atoms with Gasteiger partial charge in [-0.2, -0.15) is 12.1 Å². The molecule has 0 unspecified atom stereocenters. The summed E-state index contributed by atoms with van der Waals surface area (Å²) in [6, 6.07) is 8.20. The molecule has 3 heteroatoms. The maximum absolute atomic E-state index is 4.99. The quantitative estimate of drug-likeness (QED) is 0.481. The molecular formula is C10H15KO2. The summed E-state index contributed by atoms with van der Waals surface area (Å²) in [5.41, 5.74) is 0. The number of hydrogen-bond acceptors (Lipinski definition) is 2. The summed E-state index contributed by atoms with van der Waals surface area (Å²) in [5.74, 6) is 1.45. The van der Waals surface area contributed by atoms with Crippen molar-refractivity contribution in [1.29, 1.82) is 0 Å². The van der Waals surface area contributed by atoms with Crippen LogP contribution in [0.1, 0.15) is 13.8 Å². The van der Waals surface area contributed by atoms with E-state index in [4.69, 9.17) is 9.47 Å². The van der Waals surface area contributed by atoms with Gasteiger partial charge in [0.1, 0.15) is 0 Å². The monoisotopic (exact) mass is 206 g/mol. The summed E-state index contributed by atoms with van der Waals surface area (Å²) in [4.78, 5) is 0. The molecule has 0 amide bonds. The van der Waals surface area contributed by atoms with Gasteiger partial charge in [-0.3, -0.25) is 0 Å². The van der Waals surface area contributed by atoms with Gasteiger partial charge < -0.3 is 9.47 Å². The molecule has 68 valence electrons. The molecule has 1 rings (SSSR count). The van der Waals surface area contributed by atoms with Gasteiger partial charge in [-0.1, -0.05) is 13.8 Å². The maximum Gasteiger partial charge on any atom is 1.00 e. The van der Waals surface area contributed by atoms with Crippen LogP contribution in [0.2, 0.25) is 0 Å². The van der Waals surface area contributed by atoms with E-state index in [0.717, 1.165) is 5.75 Å². The van der Waals surface area contributed by atoms with Gasteiger partial charge in [0.05, 0.1) is 20.0 Å². The number of rotatable bonds is 2. The number of ether oxygens (including phenoxy) is 2. The van der Waals surface area contributed by atoms with Gasteiger partial charge in [-0.05, 0) is 0 Å². The third kappa shape index (κ3) is 5.70. The fourth-order valence-corrected chi connectivity index (χ4v) is 0.729. The molecule has 0 fully saturated rings. The first-order valence-electron chi connectivity index (χ1n) is 3.96. The van der Waals surface area contributed by atoms with Crippen molar-refractivity contribution in [3.63, 3.8) is 0 Å². The van der Waals surface area contributed by atoms with Gasteiger partial charge in [-0.25, -0.2) is 0 Å². The summed E-state index contributed by atoms with van der Waals surface area (Å²) in [7, 11) is 3.21. The molecule has 0 N–H and O–H groups in total. The molecule has 0 aliphatic heterocycles. The Morgan fingerprint density at radius 3 is 2.00 bits per heavy atom. The molecule has 0 aliphatic rings. The van der Waals surface area contributed by atoms with Crippen LogP contribution in [0.5, 0.6) is 11.5 Å². The second kappa shape index (κ2) is 10.5. The Morgan fingerprint density at radius 1 is 1.08 bits per heavy atom. The predicted octanol–water partition coefficient (Wildman–Crippen LogP) is -0.466. The van der Waals surface area contributed by atoms with Crippen LogP contribution >= 0.6 is 0 Å². The molecule has 0 heterocycles. The molecule has 0 atom stereocenters. The van der Waals surface area contributed by atoms with Crippen LogP contribution in [0.25, 0.3) is 0 Å². The van der Waals surface area contributed by atoms with Crippen LogP contribution in [0, 0.1) is 6.07 Å². The van der Waals surface area contributed by atoms with E-state index in [0.29, 0.717) is 5.75 Å². The largest absolute Gasteiger partial charge is 1.00 e. The van der Waals surface area contributed by atoms with E-state index in [2.05, 4.69) is 6.07 Å². The summed E-state index contributed by atoms with van der Waals surface area (Å²) in [5, 5.41) is 0. The molecule has 0 saturated heterocycles. The molecule has 13 heavy (non-hydrogen) atoms. The normalized spacial score (nSPS) is 7.38. The SMILES string of the molecule is CC.COc1c[c-]ccc1OC.[K+]. The molecule has 0 saturated carbocycles. The third-order valence-corrected chi connectivity index (χ3v) is 1.23. The molecule has 0 spiro atoms. The fraction of sp³-hybridized carbons (Fsp3) is 0.400. The number of benzene rings is 1. The Kier molecular flexibility index (Phi) is 12.9. The molecule has 0 radical (unpaired) electrons. The van der Waals surface area contributed by atoms with Gasteiger partial charge in [-0.15, -0.1) is 12.1 Å². The van der Waals surface area contributed by atoms with Crippen molar-refractivity contribution in [2.75, 3.05) is 14.2 Å². The smallest absolute Gasteiger partial charge is 0.551 e. The molecule has 2 nitrogen and oxygen atoms in total. The summed E-state index contributed by atoms with van der Waals surface area (Å²) in [6.45, 7) is 4.00. The van der Waals surface area contributed by atoms with Crippen LogP contribution in [-0.2, 0) is 0 Å². The molecule has 0 aliphatic carbocycles. The fourth-order valence-electron chi connectivity index (χ4n) is 0.729. The van der Waals surface area contributed by atoms with E-state index in [1.807, 2.05) is 13.8 Å². The van der Waals surface area contributed by atoms with E-state index in [1.165, 1.54) is 0 Å². The van der Waals surface area contributed by atoms with Gasteiger partial charge in [0, 0.05) is 5.75 Å². The van der Waals surface area contributed by atoms with E-state index in [9.17, 15) is 0 Å². The van der Waals surface area contributed by atoms with E-state index in [1.54, 1.807) is 32.4 Å². The van der Waals surface area contributed by atoms with Gasteiger partial charge in [0.25, 0.3) is 0 Å². The number of hydrogen-bond donors (Lipinski definition) is 0. The average molecular weight is 206 g/mol. The minimum Gasteiger partial charge on any atom is -0.551 e. The minimum atomic E-state index is 0. The van der Waals surface area contributed by atoms with Gasteiger partial charge in [0.15, 0.2) is 0 Å². The molecule has 1 aromatic carbocycles. The van der Waals surface area contributed by atoms with E-state index >= 15 is 0 Å². The average Bonchev–Trinajstić information content (AvgIpc) is 2.20. The first-order chi connectivity index (χ1) is 5.88. The van der Waals surface area contributed by atoms with Gasteiger partial charge in [0.2, 0.25) is 0 Å². The first kappa shape index (κ1) is 15.9. The van der Waals surface area contributed by atoms with E-state index < -0.39 is 0 Å². The predicted molar refractivity (Wildman–Crippen MR) is 49.7 cm³/mol. The topological polar surface area (TPSA) is 18.5 Å².